The maximum atomic E-state index is 12.4. The molecular formula is C18H19ClN3OS+. The number of quaternary nitrogens is 1. The van der Waals surface area contributed by atoms with Crippen LogP contribution in [0.2, 0.25) is 5.02 Å². The fourth-order valence-corrected chi connectivity index (χ4v) is 4.42. The summed E-state index contributed by atoms with van der Waals surface area (Å²) in [5.74, 6) is 0.796. The van der Waals surface area contributed by atoms with E-state index in [1.165, 1.54) is 48.6 Å². The van der Waals surface area contributed by atoms with E-state index in [1.807, 2.05) is 30.3 Å². The SMILES string of the molecule is O=c1[nH]c(C[NH+]2CCCCC2)nc2cc(-c3ccc(Cl)cc3)sc12. The van der Waals surface area contributed by atoms with Gasteiger partial charge in [0, 0.05) is 9.90 Å². The lowest BCUT2D eigenvalue weighted by Crippen LogP contribution is -3.11. The van der Waals surface area contributed by atoms with Crippen molar-refractivity contribution in [2.45, 2.75) is 25.8 Å². The number of nitrogens with one attached hydrogen (secondary N) is 2. The van der Waals surface area contributed by atoms with E-state index in [-0.39, 0.29) is 5.56 Å². The Balaban J connectivity index is 1.67. The lowest BCUT2D eigenvalue weighted by atomic mass is 10.1. The molecule has 0 atom stereocenters. The van der Waals surface area contributed by atoms with Crippen LogP contribution in [0.15, 0.2) is 35.1 Å². The van der Waals surface area contributed by atoms with Gasteiger partial charge in [-0.3, -0.25) is 4.79 Å². The predicted molar refractivity (Wildman–Crippen MR) is 98.9 cm³/mol. The van der Waals surface area contributed by atoms with Crippen molar-refractivity contribution in [2.75, 3.05) is 13.1 Å². The molecular weight excluding hydrogens is 342 g/mol. The molecule has 0 saturated carbocycles. The van der Waals surface area contributed by atoms with Crippen molar-refractivity contribution in [1.29, 1.82) is 0 Å². The van der Waals surface area contributed by atoms with Gasteiger partial charge >= 0.3 is 0 Å². The lowest BCUT2D eigenvalue weighted by Gasteiger charge is -2.22. The minimum atomic E-state index is -0.0309. The molecule has 3 aromatic rings. The number of halogens is 1. The summed E-state index contributed by atoms with van der Waals surface area (Å²) in [6, 6.07) is 9.68. The number of benzene rings is 1. The second-order valence-electron chi connectivity index (χ2n) is 6.33. The Labute approximate surface area is 149 Å². The molecule has 0 amide bonds. The van der Waals surface area contributed by atoms with Gasteiger partial charge in [0.15, 0.2) is 5.82 Å². The van der Waals surface area contributed by atoms with Gasteiger partial charge in [0.25, 0.3) is 5.56 Å². The Kier molecular flexibility index (Phi) is 4.39. The first kappa shape index (κ1) is 15.8. The van der Waals surface area contributed by atoms with E-state index in [4.69, 9.17) is 16.6 Å². The van der Waals surface area contributed by atoms with E-state index in [0.29, 0.717) is 9.72 Å². The second-order valence-corrected chi connectivity index (χ2v) is 7.82. The summed E-state index contributed by atoms with van der Waals surface area (Å²) < 4.78 is 0.692. The van der Waals surface area contributed by atoms with E-state index in [0.717, 1.165) is 28.3 Å². The molecule has 1 aliphatic rings. The number of likely N-dealkylation sites (tertiary alicyclic amines) is 1. The maximum absolute atomic E-state index is 12.4. The van der Waals surface area contributed by atoms with Crippen molar-refractivity contribution in [1.82, 2.24) is 9.97 Å². The van der Waals surface area contributed by atoms with Crippen molar-refractivity contribution in [2.24, 2.45) is 0 Å². The number of aromatic nitrogens is 2. The van der Waals surface area contributed by atoms with Gasteiger partial charge < -0.3 is 9.88 Å². The third-order valence-corrected chi connectivity index (χ3v) is 5.96. The molecule has 1 aromatic carbocycles. The Morgan fingerprint density at radius 3 is 2.67 bits per heavy atom. The molecule has 24 heavy (non-hydrogen) atoms. The highest BCUT2D eigenvalue weighted by molar-refractivity contribution is 7.22. The molecule has 3 heterocycles. The number of fused-ring (bicyclic) bond motifs is 1. The smallest absolute Gasteiger partial charge is 0.269 e. The molecule has 6 heteroatoms. The summed E-state index contributed by atoms with van der Waals surface area (Å²) in [5.41, 5.74) is 1.82. The number of hydrogen-bond acceptors (Lipinski definition) is 3. The van der Waals surface area contributed by atoms with Crippen LogP contribution in [-0.4, -0.2) is 23.1 Å². The van der Waals surface area contributed by atoms with Crippen molar-refractivity contribution in [3.05, 3.63) is 51.5 Å². The number of aromatic amines is 1. The van der Waals surface area contributed by atoms with Gasteiger partial charge in [0.1, 0.15) is 11.2 Å². The summed E-state index contributed by atoms with van der Waals surface area (Å²) >= 11 is 7.43. The fourth-order valence-electron chi connectivity index (χ4n) is 3.29. The minimum absolute atomic E-state index is 0.0309. The summed E-state index contributed by atoms with van der Waals surface area (Å²) in [5, 5.41) is 0.711. The average molecular weight is 361 g/mol. The summed E-state index contributed by atoms with van der Waals surface area (Å²) in [7, 11) is 0. The monoisotopic (exact) mass is 360 g/mol. The first-order chi connectivity index (χ1) is 11.7. The lowest BCUT2D eigenvalue weighted by molar-refractivity contribution is -0.919. The van der Waals surface area contributed by atoms with Crippen LogP contribution < -0.4 is 10.5 Å². The molecule has 2 N–H and O–H groups in total. The number of piperidine rings is 1. The number of thiophene rings is 1. The molecule has 0 bridgehead atoms. The highest BCUT2D eigenvalue weighted by Crippen LogP contribution is 2.31. The van der Waals surface area contributed by atoms with E-state index < -0.39 is 0 Å². The first-order valence-electron chi connectivity index (χ1n) is 8.31. The van der Waals surface area contributed by atoms with Gasteiger partial charge in [0.2, 0.25) is 0 Å². The summed E-state index contributed by atoms with van der Waals surface area (Å²) in [4.78, 5) is 22.7. The number of hydrogen-bond donors (Lipinski definition) is 2. The van der Waals surface area contributed by atoms with Crippen molar-refractivity contribution >= 4 is 33.2 Å². The van der Waals surface area contributed by atoms with Crippen LogP contribution in [0.5, 0.6) is 0 Å². The zero-order valence-electron chi connectivity index (χ0n) is 13.3. The molecule has 0 unspecified atom stereocenters. The zero-order chi connectivity index (χ0) is 16.5. The number of nitrogens with zero attached hydrogens (tertiary/aromatic N) is 1. The molecule has 2 aromatic heterocycles. The Bertz CT molecular complexity index is 910. The molecule has 4 rings (SSSR count). The Morgan fingerprint density at radius 1 is 1.17 bits per heavy atom. The molecule has 0 spiro atoms. The maximum Gasteiger partial charge on any atom is 0.269 e. The average Bonchev–Trinajstić information content (AvgIpc) is 3.01. The molecule has 4 nitrogen and oxygen atoms in total. The van der Waals surface area contributed by atoms with Crippen LogP contribution in [-0.2, 0) is 6.54 Å². The van der Waals surface area contributed by atoms with Gasteiger partial charge in [-0.2, -0.15) is 0 Å². The van der Waals surface area contributed by atoms with Crippen LogP contribution in [0.25, 0.3) is 20.7 Å². The molecule has 0 aliphatic carbocycles. The van der Waals surface area contributed by atoms with Gasteiger partial charge in [-0.15, -0.1) is 11.3 Å². The van der Waals surface area contributed by atoms with Gasteiger partial charge in [-0.1, -0.05) is 23.7 Å². The van der Waals surface area contributed by atoms with Crippen molar-refractivity contribution in [3.63, 3.8) is 0 Å². The predicted octanol–water partition coefficient (Wildman–Crippen LogP) is 2.87. The van der Waals surface area contributed by atoms with Crippen LogP contribution >= 0.6 is 22.9 Å². The molecule has 124 valence electrons. The first-order valence-corrected chi connectivity index (χ1v) is 9.51. The Morgan fingerprint density at radius 2 is 1.92 bits per heavy atom. The highest BCUT2D eigenvalue weighted by atomic mass is 35.5. The van der Waals surface area contributed by atoms with Crippen LogP contribution in [0.3, 0.4) is 0 Å². The normalized spacial score (nSPS) is 15.9. The Hall–Kier alpha value is -1.69. The van der Waals surface area contributed by atoms with E-state index in [1.54, 1.807) is 0 Å². The number of rotatable bonds is 3. The van der Waals surface area contributed by atoms with Crippen LogP contribution in [0, 0.1) is 0 Å². The molecule has 0 radical (unpaired) electrons. The van der Waals surface area contributed by atoms with Gasteiger partial charge in [0.05, 0.1) is 18.6 Å². The van der Waals surface area contributed by atoms with E-state index in [2.05, 4.69) is 4.98 Å². The molecule has 1 aliphatic heterocycles. The van der Waals surface area contributed by atoms with Gasteiger partial charge in [-0.25, -0.2) is 4.98 Å². The third kappa shape index (κ3) is 3.24. The largest absolute Gasteiger partial charge is 0.329 e. The quantitative estimate of drug-likeness (QED) is 0.754. The standard InChI is InChI=1S/C18H18ClN3OS/c19-13-6-4-12(5-7-13)15-10-14-17(24-15)18(23)21-16(20-14)11-22-8-2-1-3-9-22/h4-7,10H,1-3,8-9,11H2,(H,20,21,23)/p+1. The topological polar surface area (TPSA) is 50.2 Å². The summed E-state index contributed by atoms with van der Waals surface area (Å²) in [6.45, 7) is 3.14. The second kappa shape index (κ2) is 6.67. The van der Waals surface area contributed by atoms with Crippen LogP contribution in [0.1, 0.15) is 25.1 Å². The van der Waals surface area contributed by atoms with Crippen LogP contribution in [0.4, 0.5) is 0 Å². The minimum Gasteiger partial charge on any atom is -0.329 e. The molecule has 1 saturated heterocycles. The van der Waals surface area contributed by atoms with Crippen molar-refractivity contribution < 1.29 is 4.90 Å². The fraction of sp³-hybridized carbons (Fsp3) is 0.333. The van der Waals surface area contributed by atoms with Crippen molar-refractivity contribution in [3.8, 4) is 10.4 Å². The van der Waals surface area contributed by atoms with Gasteiger partial charge in [-0.05, 0) is 43.0 Å². The number of H-pyrrole nitrogens is 1. The summed E-state index contributed by atoms with van der Waals surface area (Å²) in [6.07, 6.45) is 3.85. The highest BCUT2D eigenvalue weighted by Gasteiger charge is 2.17. The van der Waals surface area contributed by atoms with E-state index >= 15 is 0 Å². The third-order valence-electron chi connectivity index (χ3n) is 4.54. The molecule has 1 fully saturated rings. The zero-order valence-corrected chi connectivity index (χ0v) is 14.8. The van der Waals surface area contributed by atoms with E-state index in [9.17, 15) is 4.79 Å².